The van der Waals surface area contributed by atoms with Gasteiger partial charge in [0.15, 0.2) is 0 Å². The molecule has 0 aliphatic rings. The van der Waals surface area contributed by atoms with Crippen molar-refractivity contribution in [2.24, 2.45) is 0 Å². The van der Waals surface area contributed by atoms with Crippen molar-refractivity contribution < 1.29 is 18.3 Å². The molecule has 0 amide bonds. The van der Waals surface area contributed by atoms with E-state index in [-0.39, 0.29) is 33.7 Å². The number of hydrogen-bond acceptors (Lipinski definition) is 3. The Kier molecular flexibility index (Phi) is 5.32. The smallest absolute Gasteiger partial charge is 0.305 e. The summed E-state index contributed by atoms with van der Waals surface area (Å²) in [6.07, 6.45) is 0.595. The third kappa shape index (κ3) is 4.42. The lowest BCUT2D eigenvalue weighted by Crippen LogP contribution is -2.32. The van der Waals surface area contributed by atoms with Gasteiger partial charge in [-0.2, -0.15) is 0 Å². The van der Waals surface area contributed by atoms with Crippen molar-refractivity contribution in [1.29, 1.82) is 0 Å². The Morgan fingerprint density at radius 2 is 1.74 bits per heavy atom. The number of aliphatic carboxylic acids is 1. The second-order valence-electron chi connectivity index (χ2n) is 3.70. The van der Waals surface area contributed by atoms with E-state index >= 15 is 0 Å². The topological polar surface area (TPSA) is 74.7 Å². The van der Waals surface area contributed by atoms with Crippen LogP contribution in [0.2, 0.25) is 15.1 Å². The summed E-state index contributed by atoms with van der Waals surface area (Å²) >= 11 is 17.5. The molecule has 0 unspecified atom stereocenters. The Bertz CT molecular complexity index is 603. The maximum Gasteiger partial charge on any atom is 0.305 e. The predicted octanol–water partition coefficient (Wildman–Crippen LogP) is 2.89. The zero-order chi connectivity index (χ0) is 14.8. The Balaban J connectivity index is 3.26. The number of nitrogens with zero attached hydrogens (tertiary/aromatic N) is 1. The van der Waals surface area contributed by atoms with Crippen molar-refractivity contribution in [3.63, 3.8) is 0 Å². The summed E-state index contributed by atoms with van der Waals surface area (Å²) in [5, 5.41) is 9.03. The molecule has 0 fully saturated rings. The molecule has 0 saturated carbocycles. The minimum Gasteiger partial charge on any atom is -0.481 e. The maximum atomic E-state index is 11.7. The quantitative estimate of drug-likeness (QED) is 0.832. The van der Waals surface area contributed by atoms with Crippen LogP contribution in [0.25, 0.3) is 0 Å². The van der Waals surface area contributed by atoms with E-state index in [2.05, 4.69) is 0 Å². The van der Waals surface area contributed by atoms with Crippen LogP contribution < -0.4 is 4.31 Å². The van der Waals surface area contributed by atoms with Crippen molar-refractivity contribution in [1.82, 2.24) is 0 Å². The van der Waals surface area contributed by atoms with Crippen LogP contribution in [-0.2, 0) is 14.8 Å². The monoisotopic (exact) mass is 345 g/mol. The fraction of sp³-hybridized carbons (Fsp3) is 0.300. The first-order valence-electron chi connectivity index (χ1n) is 4.97. The van der Waals surface area contributed by atoms with Gasteiger partial charge in [0.05, 0.1) is 33.4 Å². The number of hydrogen-bond donors (Lipinski definition) is 1. The molecule has 0 aliphatic heterocycles. The second kappa shape index (κ2) is 6.17. The Morgan fingerprint density at radius 3 is 2.21 bits per heavy atom. The number of carboxylic acids is 1. The molecule has 0 radical (unpaired) electrons. The molecule has 1 aromatic rings. The molecule has 5 nitrogen and oxygen atoms in total. The van der Waals surface area contributed by atoms with E-state index in [1.807, 2.05) is 0 Å². The molecule has 1 rings (SSSR count). The van der Waals surface area contributed by atoms with Crippen molar-refractivity contribution in [2.75, 3.05) is 17.1 Å². The normalized spacial score (nSPS) is 11.4. The summed E-state index contributed by atoms with van der Waals surface area (Å²) in [7, 11) is -3.68. The first-order chi connectivity index (χ1) is 8.62. The van der Waals surface area contributed by atoms with Crippen LogP contribution in [0.5, 0.6) is 0 Å². The maximum absolute atomic E-state index is 11.7. The van der Waals surface area contributed by atoms with Gasteiger partial charge in [0.1, 0.15) is 0 Å². The van der Waals surface area contributed by atoms with E-state index in [0.717, 1.165) is 10.6 Å². The SMILES string of the molecule is CS(=O)(=O)N(CCC(=O)O)c1cc(Cl)c(Cl)cc1Cl. The predicted molar refractivity (Wildman–Crippen MR) is 75.9 cm³/mol. The van der Waals surface area contributed by atoms with Gasteiger partial charge in [-0.1, -0.05) is 34.8 Å². The number of carbonyl (C=O) groups is 1. The van der Waals surface area contributed by atoms with Crippen LogP contribution in [0.15, 0.2) is 12.1 Å². The molecule has 106 valence electrons. The lowest BCUT2D eigenvalue weighted by molar-refractivity contribution is -0.136. The zero-order valence-electron chi connectivity index (χ0n) is 9.73. The highest BCUT2D eigenvalue weighted by Gasteiger charge is 2.22. The summed E-state index contributed by atoms with van der Waals surface area (Å²) in [5.41, 5.74) is 0.0971. The molecule has 9 heteroatoms. The van der Waals surface area contributed by atoms with Gasteiger partial charge in [-0.3, -0.25) is 9.10 Å². The molecule has 0 aliphatic carbocycles. The summed E-state index contributed by atoms with van der Waals surface area (Å²) in [5.74, 6) is -1.12. The molecule has 0 aromatic heterocycles. The number of anilines is 1. The molecule has 1 N–H and O–H groups in total. The minimum atomic E-state index is -3.68. The number of sulfonamides is 1. The van der Waals surface area contributed by atoms with Crippen LogP contribution in [0.3, 0.4) is 0 Å². The summed E-state index contributed by atoms with van der Waals surface area (Å²) in [6.45, 7) is -0.244. The van der Waals surface area contributed by atoms with Gasteiger partial charge in [0.2, 0.25) is 10.0 Å². The van der Waals surface area contributed by atoms with Crippen LogP contribution in [-0.4, -0.2) is 32.3 Å². The summed E-state index contributed by atoms with van der Waals surface area (Å²) < 4.78 is 24.3. The standard InChI is InChI=1S/C10H10Cl3NO4S/c1-19(17,18)14(3-2-10(15)16)9-5-7(12)6(11)4-8(9)13/h4-5H,2-3H2,1H3,(H,15,16). The third-order valence-corrected chi connectivity index (χ3v) is 4.39. The Morgan fingerprint density at radius 1 is 1.21 bits per heavy atom. The van der Waals surface area contributed by atoms with Gasteiger partial charge in [-0.05, 0) is 12.1 Å². The largest absolute Gasteiger partial charge is 0.481 e. The second-order valence-corrected chi connectivity index (χ2v) is 6.83. The van der Waals surface area contributed by atoms with Gasteiger partial charge < -0.3 is 5.11 Å². The highest BCUT2D eigenvalue weighted by atomic mass is 35.5. The fourth-order valence-electron chi connectivity index (χ4n) is 1.37. The van der Waals surface area contributed by atoms with E-state index in [1.54, 1.807) is 0 Å². The molecule has 0 spiro atoms. The van der Waals surface area contributed by atoms with Gasteiger partial charge in [0, 0.05) is 6.54 Å². The van der Waals surface area contributed by atoms with Crippen LogP contribution >= 0.6 is 34.8 Å². The molecular formula is C10H10Cl3NO4S. The van der Waals surface area contributed by atoms with Gasteiger partial charge in [-0.15, -0.1) is 0 Å². The van der Waals surface area contributed by atoms with Crippen molar-refractivity contribution >= 4 is 56.5 Å². The first kappa shape index (κ1) is 16.4. The molecule has 19 heavy (non-hydrogen) atoms. The lowest BCUT2D eigenvalue weighted by Gasteiger charge is -2.23. The first-order valence-corrected chi connectivity index (χ1v) is 7.95. The van der Waals surface area contributed by atoms with Crippen molar-refractivity contribution in [3.8, 4) is 0 Å². The van der Waals surface area contributed by atoms with Gasteiger partial charge in [0.25, 0.3) is 0 Å². The van der Waals surface area contributed by atoms with E-state index < -0.39 is 16.0 Å². The molecule has 0 saturated heterocycles. The number of benzene rings is 1. The lowest BCUT2D eigenvalue weighted by atomic mass is 10.3. The average molecular weight is 347 g/mol. The molecule has 0 heterocycles. The minimum absolute atomic E-state index is 0.0743. The van der Waals surface area contributed by atoms with E-state index in [4.69, 9.17) is 39.9 Å². The van der Waals surface area contributed by atoms with E-state index in [0.29, 0.717) is 0 Å². The number of carboxylic acid groups (broad SMARTS) is 1. The molecule has 0 atom stereocenters. The van der Waals surface area contributed by atoms with Crippen molar-refractivity contribution in [2.45, 2.75) is 6.42 Å². The van der Waals surface area contributed by atoms with Gasteiger partial charge in [-0.25, -0.2) is 8.42 Å². The molecule has 0 bridgehead atoms. The van der Waals surface area contributed by atoms with Crippen molar-refractivity contribution in [3.05, 3.63) is 27.2 Å². The summed E-state index contributed by atoms with van der Waals surface area (Å²) in [6, 6.07) is 2.59. The fourth-order valence-corrected chi connectivity index (χ4v) is 2.99. The summed E-state index contributed by atoms with van der Waals surface area (Å²) in [4.78, 5) is 10.6. The van der Waals surface area contributed by atoms with E-state index in [9.17, 15) is 13.2 Å². The molecular weight excluding hydrogens is 337 g/mol. The number of rotatable bonds is 5. The van der Waals surface area contributed by atoms with Gasteiger partial charge >= 0.3 is 5.97 Å². The zero-order valence-corrected chi connectivity index (χ0v) is 12.8. The average Bonchev–Trinajstić information content (AvgIpc) is 2.23. The highest BCUT2D eigenvalue weighted by Crippen LogP contribution is 2.35. The van der Waals surface area contributed by atoms with Crippen LogP contribution in [0.1, 0.15) is 6.42 Å². The Hall–Kier alpha value is -0.690. The molecule has 1 aromatic carbocycles. The Labute approximate surface area is 125 Å². The number of halogens is 3. The third-order valence-electron chi connectivity index (χ3n) is 2.19. The van der Waals surface area contributed by atoms with Crippen LogP contribution in [0.4, 0.5) is 5.69 Å². The van der Waals surface area contributed by atoms with E-state index in [1.165, 1.54) is 12.1 Å². The highest BCUT2D eigenvalue weighted by molar-refractivity contribution is 7.92. The van der Waals surface area contributed by atoms with Crippen LogP contribution in [0, 0.1) is 0 Å².